The molecule has 114 valence electrons. The lowest BCUT2D eigenvalue weighted by Crippen LogP contribution is -2.42. The van der Waals surface area contributed by atoms with Crippen LogP contribution in [0.15, 0.2) is 22.7 Å². The van der Waals surface area contributed by atoms with E-state index in [2.05, 4.69) is 15.9 Å². The molecule has 1 aliphatic rings. The Morgan fingerprint density at radius 3 is 2.90 bits per heavy atom. The fraction of sp³-hybridized carbons (Fsp3) is 0.467. The molecule has 1 N–H and O–H groups in total. The summed E-state index contributed by atoms with van der Waals surface area (Å²) in [7, 11) is 0. The molecule has 0 bridgehead atoms. The molecule has 0 aliphatic carbocycles. The van der Waals surface area contributed by atoms with Crippen LogP contribution < -0.4 is 0 Å². The first kappa shape index (κ1) is 15.8. The molecular formula is C15H18BrNO4. The number of esters is 1. The van der Waals surface area contributed by atoms with Gasteiger partial charge in [-0.15, -0.1) is 0 Å². The van der Waals surface area contributed by atoms with E-state index >= 15 is 0 Å². The number of benzene rings is 1. The van der Waals surface area contributed by atoms with Crippen molar-refractivity contribution in [3.63, 3.8) is 0 Å². The molecule has 1 heterocycles. The highest BCUT2D eigenvalue weighted by atomic mass is 79.9. The normalized spacial score (nSPS) is 18.4. The third-order valence-corrected chi connectivity index (χ3v) is 4.01. The van der Waals surface area contributed by atoms with Crippen LogP contribution in [0.5, 0.6) is 5.75 Å². The molecule has 1 saturated heterocycles. The fourth-order valence-corrected chi connectivity index (χ4v) is 2.82. The van der Waals surface area contributed by atoms with Gasteiger partial charge in [-0.25, -0.2) is 0 Å². The molecule has 5 nitrogen and oxygen atoms in total. The summed E-state index contributed by atoms with van der Waals surface area (Å²) >= 11 is 3.24. The number of halogens is 1. The summed E-state index contributed by atoms with van der Waals surface area (Å²) in [5.41, 5.74) is 0.253. The third-order valence-electron chi connectivity index (χ3n) is 3.52. The number of carbonyl (C=O) groups is 2. The fourth-order valence-electron chi connectivity index (χ4n) is 2.47. The Labute approximate surface area is 132 Å². The molecule has 1 fully saturated rings. The molecule has 2 rings (SSSR count). The van der Waals surface area contributed by atoms with Crippen molar-refractivity contribution in [1.82, 2.24) is 4.90 Å². The van der Waals surface area contributed by atoms with E-state index in [1.807, 2.05) is 0 Å². The largest absolute Gasteiger partial charge is 0.507 e. The first-order chi connectivity index (χ1) is 10.0. The predicted molar refractivity (Wildman–Crippen MR) is 81.1 cm³/mol. The number of hydrogen-bond acceptors (Lipinski definition) is 4. The quantitative estimate of drug-likeness (QED) is 0.846. The number of likely N-dealkylation sites (tertiary alicyclic amines) is 1. The smallest absolute Gasteiger partial charge is 0.310 e. The zero-order valence-electron chi connectivity index (χ0n) is 11.8. The molecule has 1 amide bonds. The highest BCUT2D eigenvalue weighted by Gasteiger charge is 2.30. The van der Waals surface area contributed by atoms with Crippen molar-refractivity contribution >= 4 is 27.8 Å². The number of ether oxygens (including phenoxy) is 1. The van der Waals surface area contributed by atoms with Crippen molar-refractivity contribution in [3.05, 3.63) is 28.2 Å². The summed E-state index contributed by atoms with van der Waals surface area (Å²) in [6.45, 7) is 3.04. The lowest BCUT2D eigenvalue weighted by molar-refractivity contribution is -0.149. The molecule has 1 unspecified atom stereocenters. The van der Waals surface area contributed by atoms with Crippen LogP contribution in [0, 0.1) is 5.92 Å². The van der Waals surface area contributed by atoms with Gasteiger partial charge in [0, 0.05) is 17.6 Å². The van der Waals surface area contributed by atoms with Crippen LogP contribution in [0.4, 0.5) is 0 Å². The Morgan fingerprint density at radius 1 is 1.48 bits per heavy atom. The summed E-state index contributed by atoms with van der Waals surface area (Å²) in [6, 6.07) is 4.77. The Bertz CT molecular complexity index is 546. The third kappa shape index (κ3) is 3.75. The van der Waals surface area contributed by atoms with E-state index in [1.54, 1.807) is 24.0 Å². The number of hydrogen-bond donors (Lipinski definition) is 1. The summed E-state index contributed by atoms with van der Waals surface area (Å²) in [5, 5.41) is 9.88. The van der Waals surface area contributed by atoms with Gasteiger partial charge in [0.15, 0.2) is 0 Å². The van der Waals surface area contributed by atoms with E-state index in [-0.39, 0.29) is 29.1 Å². The van der Waals surface area contributed by atoms with Crippen molar-refractivity contribution in [2.75, 3.05) is 19.7 Å². The molecule has 0 saturated carbocycles. The predicted octanol–water partition coefficient (Wildman–Crippen LogP) is 2.57. The van der Waals surface area contributed by atoms with E-state index in [4.69, 9.17) is 4.74 Å². The lowest BCUT2D eigenvalue weighted by Gasteiger charge is -2.31. The lowest BCUT2D eigenvalue weighted by atomic mass is 9.97. The minimum absolute atomic E-state index is 0.0624. The summed E-state index contributed by atoms with van der Waals surface area (Å²) in [6.07, 6.45) is 1.49. The Hall–Kier alpha value is -1.56. The van der Waals surface area contributed by atoms with E-state index in [1.165, 1.54) is 6.07 Å². The number of nitrogens with zero attached hydrogens (tertiary/aromatic N) is 1. The van der Waals surface area contributed by atoms with Crippen LogP contribution in [-0.4, -0.2) is 41.6 Å². The van der Waals surface area contributed by atoms with E-state index in [9.17, 15) is 14.7 Å². The number of carbonyl (C=O) groups excluding carboxylic acids is 2. The van der Waals surface area contributed by atoms with Crippen LogP contribution >= 0.6 is 15.9 Å². The molecule has 1 aliphatic heterocycles. The van der Waals surface area contributed by atoms with Crippen molar-refractivity contribution in [2.24, 2.45) is 5.92 Å². The van der Waals surface area contributed by atoms with Gasteiger partial charge in [-0.05, 0) is 38.0 Å². The molecule has 0 radical (unpaired) electrons. The maximum Gasteiger partial charge on any atom is 0.310 e. The zero-order chi connectivity index (χ0) is 15.4. The first-order valence-electron chi connectivity index (χ1n) is 6.97. The molecule has 1 atom stereocenters. The molecule has 21 heavy (non-hydrogen) atoms. The maximum atomic E-state index is 12.5. The Morgan fingerprint density at radius 2 is 2.24 bits per heavy atom. The SMILES string of the molecule is CCOC(=O)C1CCCN(C(=O)c2ccc(Br)cc2O)C1. The number of piperidine rings is 1. The summed E-state index contributed by atoms with van der Waals surface area (Å²) in [5.74, 6) is -0.850. The Kier molecular flexibility index (Phi) is 5.22. The number of rotatable bonds is 3. The highest BCUT2D eigenvalue weighted by Crippen LogP contribution is 2.26. The van der Waals surface area contributed by atoms with E-state index < -0.39 is 0 Å². The van der Waals surface area contributed by atoms with Gasteiger partial charge in [-0.2, -0.15) is 0 Å². The maximum absolute atomic E-state index is 12.5. The Balaban J connectivity index is 2.10. The van der Waals surface area contributed by atoms with Gasteiger partial charge < -0.3 is 14.7 Å². The van der Waals surface area contributed by atoms with Crippen molar-refractivity contribution in [1.29, 1.82) is 0 Å². The van der Waals surface area contributed by atoms with Gasteiger partial charge in [0.1, 0.15) is 5.75 Å². The summed E-state index contributed by atoms with van der Waals surface area (Å²) < 4.78 is 5.73. The molecular weight excluding hydrogens is 338 g/mol. The highest BCUT2D eigenvalue weighted by molar-refractivity contribution is 9.10. The average molecular weight is 356 g/mol. The zero-order valence-corrected chi connectivity index (χ0v) is 13.4. The topological polar surface area (TPSA) is 66.8 Å². The second kappa shape index (κ2) is 6.93. The van der Waals surface area contributed by atoms with E-state index in [0.717, 1.165) is 12.8 Å². The van der Waals surface area contributed by atoms with Crippen LogP contribution in [0.1, 0.15) is 30.1 Å². The average Bonchev–Trinajstić information content (AvgIpc) is 2.47. The minimum Gasteiger partial charge on any atom is -0.507 e. The molecule has 0 spiro atoms. The minimum atomic E-state index is -0.278. The van der Waals surface area contributed by atoms with Gasteiger partial charge in [0.2, 0.25) is 0 Å². The molecule has 6 heteroatoms. The number of amides is 1. The van der Waals surface area contributed by atoms with E-state index in [0.29, 0.717) is 24.2 Å². The number of phenolic OH excluding ortho intramolecular Hbond substituents is 1. The van der Waals surface area contributed by atoms with Gasteiger partial charge in [-0.3, -0.25) is 9.59 Å². The first-order valence-corrected chi connectivity index (χ1v) is 7.76. The molecule has 1 aromatic carbocycles. The number of phenols is 1. The monoisotopic (exact) mass is 355 g/mol. The van der Waals surface area contributed by atoms with Gasteiger partial charge in [-0.1, -0.05) is 15.9 Å². The standard InChI is InChI=1S/C15H18BrNO4/c1-2-21-15(20)10-4-3-7-17(9-10)14(19)12-6-5-11(16)8-13(12)18/h5-6,8,10,18H,2-4,7,9H2,1H3. The second-order valence-electron chi connectivity index (χ2n) is 5.00. The van der Waals surface area contributed by atoms with Crippen molar-refractivity contribution in [3.8, 4) is 5.75 Å². The van der Waals surface area contributed by atoms with Gasteiger partial charge in [0.25, 0.3) is 5.91 Å². The number of aromatic hydroxyl groups is 1. The van der Waals surface area contributed by atoms with Crippen LogP contribution in [0.2, 0.25) is 0 Å². The molecule has 0 aromatic heterocycles. The summed E-state index contributed by atoms with van der Waals surface area (Å²) in [4.78, 5) is 25.9. The second-order valence-corrected chi connectivity index (χ2v) is 5.92. The van der Waals surface area contributed by atoms with Crippen LogP contribution in [0.3, 0.4) is 0 Å². The van der Waals surface area contributed by atoms with Crippen molar-refractivity contribution in [2.45, 2.75) is 19.8 Å². The van der Waals surface area contributed by atoms with Crippen molar-refractivity contribution < 1.29 is 19.4 Å². The van der Waals surface area contributed by atoms with Gasteiger partial charge in [0.05, 0.1) is 18.1 Å². The van der Waals surface area contributed by atoms with Gasteiger partial charge >= 0.3 is 5.97 Å². The molecule has 1 aromatic rings. The van der Waals surface area contributed by atoms with Crippen LogP contribution in [0.25, 0.3) is 0 Å². The van der Waals surface area contributed by atoms with Crippen LogP contribution in [-0.2, 0) is 9.53 Å².